The van der Waals surface area contributed by atoms with Crippen LogP contribution in [0.3, 0.4) is 0 Å². The lowest BCUT2D eigenvalue weighted by Crippen LogP contribution is -1.96. The van der Waals surface area contributed by atoms with Crippen molar-refractivity contribution >= 4 is 0 Å². The van der Waals surface area contributed by atoms with Crippen LogP contribution in [0.2, 0.25) is 0 Å². The second-order valence-corrected chi connectivity index (χ2v) is 4.28. The summed E-state index contributed by atoms with van der Waals surface area (Å²) in [5.74, 6) is 6.25. The number of allylic oxidation sites excluding steroid dienone is 3. The number of rotatable bonds is 2. The maximum atomic E-state index is 8.98. The van der Waals surface area contributed by atoms with E-state index < -0.39 is 0 Å². The van der Waals surface area contributed by atoms with E-state index in [0.717, 1.165) is 35.1 Å². The minimum Gasteiger partial charge on any atom is -0.392 e. The van der Waals surface area contributed by atoms with Crippen molar-refractivity contribution in [1.82, 2.24) is 0 Å². The van der Waals surface area contributed by atoms with Gasteiger partial charge in [0.05, 0.1) is 13.2 Å². The first-order valence-corrected chi connectivity index (χ1v) is 6.03. The molecule has 0 amide bonds. The van der Waals surface area contributed by atoms with Crippen molar-refractivity contribution in [3.05, 3.63) is 58.7 Å². The standard InChI is InChI=1S/C16H16O2/c17-11-15-7-3-13(4-8-15)1-2-14-5-9-16(12-18)10-6-14/h3-5,7-9,17-18H,6,10-12H2. The summed E-state index contributed by atoms with van der Waals surface area (Å²) in [4.78, 5) is 0. The van der Waals surface area contributed by atoms with Crippen LogP contribution < -0.4 is 0 Å². The molecule has 0 aromatic heterocycles. The zero-order valence-electron chi connectivity index (χ0n) is 10.2. The van der Waals surface area contributed by atoms with E-state index in [0.29, 0.717) is 0 Å². The van der Waals surface area contributed by atoms with Crippen molar-refractivity contribution < 1.29 is 10.2 Å². The van der Waals surface area contributed by atoms with Crippen molar-refractivity contribution in [2.45, 2.75) is 19.4 Å². The summed E-state index contributed by atoms with van der Waals surface area (Å²) in [7, 11) is 0. The maximum absolute atomic E-state index is 8.98. The Morgan fingerprint density at radius 2 is 1.67 bits per heavy atom. The molecule has 0 aliphatic heterocycles. The van der Waals surface area contributed by atoms with E-state index in [2.05, 4.69) is 11.8 Å². The molecule has 0 unspecified atom stereocenters. The Balaban J connectivity index is 2.08. The molecule has 0 bridgehead atoms. The van der Waals surface area contributed by atoms with Gasteiger partial charge in [-0.1, -0.05) is 36.1 Å². The Bertz CT molecular complexity index is 524. The molecule has 2 nitrogen and oxygen atoms in total. The van der Waals surface area contributed by atoms with Gasteiger partial charge in [-0.3, -0.25) is 0 Å². The van der Waals surface area contributed by atoms with Crippen LogP contribution in [0.25, 0.3) is 0 Å². The molecule has 0 saturated heterocycles. The van der Waals surface area contributed by atoms with Gasteiger partial charge >= 0.3 is 0 Å². The average molecular weight is 240 g/mol. The Hall–Kier alpha value is -1.82. The molecule has 2 heteroatoms. The quantitative estimate of drug-likeness (QED) is 0.778. The smallest absolute Gasteiger partial charge is 0.0681 e. The number of hydrogen-bond donors (Lipinski definition) is 2. The fraction of sp³-hybridized carbons (Fsp3) is 0.250. The van der Waals surface area contributed by atoms with E-state index in [4.69, 9.17) is 10.2 Å². The van der Waals surface area contributed by atoms with E-state index in [1.165, 1.54) is 0 Å². The Morgan fingerprint density at radius 3 is 2.22 bits per heavy atom. The lowest BCUT2D eigenvalue weighted by Gasteiger charge is -2.07. The minimum absolute atomic E-state index is 0.0631. The molecule has 0 atom stereocenters. The van der Waals surface area contributed by atoms with E-state index >= 15 is 0 Å². The van der Waals surface area contributed by atoms with Crippen molar-refractivity contribution in [2.75, 3.05) is 6.61 Å². The molecule has 2 N–H and O–H groups in total. The van der Waals surface area contributed by atoms with E-state index in [9.17, 15) is 0 Å². The van der Waals surface area contributed by atoms with E-state index in [-0.39, 0.29) is 13.2 Å². The van der Waals surface area contributed by atoms with E-state index in [1.54, 1.807) is 0 Å². The molecule has 1 aromatic rings. The second kappa shape index (κ2) is 6.20. The SMILES string of the molecule is OCC1=CC=C(C#Cc2ccc(CO)cc2)CC1. The van der Waals surface area contributed by atoms with Crippen molar-refractivity contribution in [3.63, 3.8) is 0 Å². The van der Waals surface area contributed by atoms with Gasteiger partial charge in [-0.2, -0.15) is 0 Å². The minimum atomic E-state index is 0.0631. The molecule has 1 aromatic carbocycles. The lowest BCUT2D eigenvalue weighted by molar-refractivity contribution is 0.282. The normalized spacial score (nSPS) is 14.3. The third-order valence-corrected chi connectivity index (χ3v) is 2.94. The Kier molecular flexibility index (Phi) is 4.35. The monoisotopic (exact) mass is 240 g/mol. The number of aliphatic hydroxyl groups is 2. The van der Waals surface area contributed by atoms with Gasteiger partial charge in [0, 0.05) is 11.1 Å². The highest BCUT2D eigenvalue weighted by atomic mass is 16.3. The Labute approximate surface area is 107 Å². The summed E-state index contributed by atoms with van der Waals surface area (Å²) in [6.07, 6.45) is 5.71. The number of hydrogen-bond acceptors (Lipinski definition) is 2. The highest BCUT2D eigenvalue weighted by Crippen LogP contribution is 2.17. The fourth-order valence-corrected chi connectivity index (χ4v) is 1.76. The summed E-state index contributed by atoms with van der Waals surface area (Å²) in [5.41, 5.74) is 4.00. The van der Waals surface area contributed by atoms with Crippen LogP contribution >= 0.6 is 0 Å². The second-order valence-electron chi connectivity index (χ2n) is 4.28. The van der Waals surface area contributed by atoms with Gasteiger partial charge in [0.2, 0.25) is 0 Å². The third kappa shape index (κ3) is 3.33. The third-order valence-electron chi connectivity index (χ3n) is 2.94. The molecule has 0 heterocycles. The van der Waals surface area contributed by atoms with Gasteiger partial charge in [-0.25, -0.2) is 0 Å². The molecule has 92 valence electrons. The fourth-order valence-electron chi connectivity index (χ4n) is 1.76. The van der Waals surface area contributed by atoms with Crippen molar-refractivity contribution in [1.29, 1.82) is 0 Å². The van der Waals surface area contributed by atoms with Crippen LogP contribution in [-0.4, -0.2) is 16.8 Å². The van der Waals surface area contributed by atoms with E-state index in [1.807, 2.05) is 36.4 Å². The predicted octanol–water partition coefficient (Wildman–Crippen LogP) is 2.17. The lowest BCUT2D eigenvalue weighted by atomic mass is 9.99. The van der Waals surface area contributed by atoms with Crippen LogP contribution in [0.15, 0.2) is 47.6 Å². The van der Waals surface area contributed by atoms with Gasteiger partial charge in [0.1, 0.15) is 0 Å². The molecule has 0 saturated carbocycles. The van der Waals surface area contributed by atoms with Gasteiger partial charge in [0.15, 0.2) is 0 Å². The molecule has 0 radical (unpaired) electrons. The van der Waals surface area contributed by atoms with Crippen LogP contribution in [0, 0.1) is 11.8 Å². The summed E-state index contributed by atoms with van der Waals surface area (Å²) in [6, 6.07) is 7.58. The van der Waals surface area contributed by atoms with Crippen molar-refractivity contribution in [3.8, 4) is 11.8 Å². The summed E-state index contributed by atoms with van der Waals surface area (Å²) in [5, 5.41) is 17.9. The first-order chi connectivity index (χ1) is 8.81. The molecule has 1 aliphatic rings. The zero-order chi connectivity index (χ0) is 12.8. The molecule has 0 fully saturated rings. The molecule has 2 rings (SSSR count). The molecular formula is C16H16O2. The van der Waals surface area contributed by atoms with Crippen molar-refractivity contribution in [2.24, 2.45) is 0 Å². The Morgan fingerprint density at radius 1 is 0.889 bits per heavy atom. The average Bonchev–Trinajstić information content (AvgIpc) is 2.46. The molecule has 0 spiro atoms. The highest BCUT2D eigenvalue weighted by molar-refractivity contribution is 5.44. The largest absolute Gasteiger partial charge is 0.392 e. The summed E-state index contributed by atoms with van der Waals surface area (Å²) >= 11 is 0. The summed E-state index contributed by atoms with van der Waals surface area (Å²) < 4.78 is 0. The predicted molar refractivity (Wildman–Crippen MR) is 71.7 cm³/mol. The summed E-state index contributed by atoms with van der Waals surface area (Å²) in [6.45, 7) is 0.202. The maximum Gasteiger partial charge on any atom is 0.0681 e. The van der Waals surface area contributed by atoms with Crippen LogP contribution in [0.4, 0.5) is 0 Å². The molecule has 18 heavy (non-hydrogen) atoms. The molecule has 1 aliphatic carbocycles. The molecular weight excluding hydrogens is 224 g/mol. The zero-order valence-corrected chi connectivity index (χ0v) is 10.2. The van der Waals surface area contributed by atoms with Crippen LogP contribution in [0.5, 0.6) is 0 Å². The first kappa shape index (κ1) is 12.6. The number of aliphatic hydroxyl groups excluding tert-OH is 2. The van der Waals surface area contributed by atoms with Gasteiger partial charge in [-0.15, -0.1) is 0 Å². The van der Waals surface area contributed by atoms with Gasteiger partial charge in [0.25, 0.3) is 0 Å². The highest BCUT2D eigenvalue weighted by Gasteiger charge is 2.02. The van der Waals surface area contributed by atoms with Crippen LogP contribution in [0.1, 0.15) is 24.0 Å². The topological polar surface area (TPSA) is 40.5 Å². The van der Waals surface area contributed by atoms with Crippen LogP contribution in [-0.2, 0) is 6.61 Å². The van der Waals surface area contributed by atoms with Gasteiger partial charge in [-0.05, 0) is 36.1 Å². The first-order valence-electron chi connectivity index (χ1n) is 6.03. The van der Waals surface area contributed by atoms with Gasteiger partial charge < -0.3 is 10.2 Å². The number of benzene rings is 1.